The molecule has 2 heterocycles. The van der Waals surface area contributed by atoms with Gasteiger partial charge in [0, 0.05) is 23.7 Å². The van der Waals surface area contributed by atoms with Crippen LogP contribution < -0.4 is 5.48 Å². The van der Waals surface area contributed by atoms with E-state index in [2.05, 4.69) is 15.6 Å². The molecule has 9 heteroatoms. The molecule has 154 valence electrons. The zero-order chi connectivity index (χ0) is 21.3. The van der Waals surface area contributed by atoms with Gasteiger partial charge in [0.15, 0.2) is 5.82 Å². The van der Waals surface area contributed by atoms with Crippen molar-refractivity contribution in [3.05, 3.63) is 82.5 Å². The molecule has 0 saturated carbocycles. The van der Waals surface area contributed by atoms with Crippen LogP contribution in [0.25, 0.3) is 11.1 Å². The maximum Gasteiger partial charge on any atom is 0.258 e. The van der Waals surface area contributed by atoms with Gasteiger partial charge < -0.3 is 9.42 Å². The summed E-state index contributed by atoms with van der Waals surface area (Å²) in [6, 6.07) is 10.7. The topological polar surface area (TPSA) is 80.5 Å². The van der Waals surface area contributed by atoms with Crippen LogP contribution in [0.4, 0.5) is 4.39 Å². The molecule has 1 unspecified atom stereocenters. The third-order valence-electron chi connectivity index (χ3n) is 4.71. The van der Waals surface area contributed by atoms with Crippen molar-refractivity contribution in [1.29, 1.82) is 0 Å². The minimum absolute atomic E-state index is 0.236. The number of carbonyl (C=O) groups is 1. The van der Waals surface area contributed by atoms with E-state index in [1.807, 2.05) is 0 Å². The monoisotopic (exact) mass is 428 g/mol. The molecule has 0 fully saturated rings. The Morgan fingerprint density at radius 2 is 2.07 bits per heavy atom. The Hall–Kier alpha value is -3.23. The predicted octanol–water partition coefficient (Wildman–Crippen LogP) is 4.42. The quantitative estimate of drug-likeness (QED) is 0.606. The average molecular weight is 429 g/mol. The van der Waals surface area contributed by atoms with E-state index in [-0.39, 0.29) is 5.91 Å². The van der Waals surface area contributed by atoms with Crippen molar-refractivity contribution in [3.8, 4) is 11.1 Å². The largest absolute Gasteiger partial charge is 0.337 e. The van der Waals surface area contributed by atoms with Gasteiger partial charge in [-0.15, -0.1) is 0 Å². The van der Waals surface area contributed by atoms with Crippen LogP contribution in [0.3, 0.4) is 0 Å². The maximum absolute atomic E-state index is 13.3. The average Bonchev–Trinajstić information content (AvgIpc) is 3.34. The van der Waals surface area contributed by atoms with Crippen LogP contribution >= 0.6 is 11.6 Å². The highest BCUT2D eigenvalue weighted by Gasteiger charge is 2.35. The molecule has 30 heavy (non-hydrogen) atoms. The molecule has 2 aromatic carbocycles. The number of aryl methyl sites for hydroxylation is 1. The molecule has 4 rings (SSSR count). The fraction of sp³-hybridized carbons (Fsp3) is 0.190. The molecule has 0 saturated heterocycles. The van der Waals surface area contributed by atoms with Gasteiger partial charge in [0.25, 0.3) is 5.91 Å². The summed E-state index contributed by atoms with van der Waals surface area (Å²) in [5.74, 6) is 0.199. The minimum atomic E-state index is -0.442. The molecule has 3 aromatic rings. The number of halogens is 2. The number of benzene rings is 2. The van der Waals surface area contributed by atoms with E-state index in [4.69, 9.17) is 21.0 Å². The van der Waals surface area contributed by atoms with Crippen molar-refractivity contribution in [3.63, 3.8) is 0 Å². The van der Waals surface area contributed by atoms with Crippen LogP contribution in [0.1, 0.15) is 34.5 Å². The summed E-state index contributed by atoms with van der Waals surface area (Å²) < 4.78 is 18.6. The van der Waals surface area contributed by atoms with Gasteiger partial charge in [-0.1, -0.05) is 28.9 Å². The third-order valence-corrected chi connectivity index (χ3v) is 5.03. The SMILES string of the molecule is CONC1=CN(C(=O)c2ccc(-c3ccc(F)cc3Cl)cc2)C(c2nc(C)no2)C1. The first kappa shape index (κ1) is 20.1. The van der Waals surface area contributed by atoms with E-state index in [0.29, 0.717) is 40.0 Å². The maximum atomic E-state index is 13.3. The number of nitrogens with one attached hydrogen (secondary N) is 1. The smallest absolute Gasteiger partial charge is 0.258 e. The molecule has 7 nitrogen and oxygen atoms in total. The van der Waals surface area contributed by atoms with Crippen molar-refractivity contribution >= 4 is 17.5 Å². The van der Waals surface area contributed by atoms with Crippen LogP contribution in [0.5, 0.6) is 0 Å². The van der Waals surface area contributed by atoms with E-state index in [0.717, 1.165) is 5.56 Å². The number of nitrogens with zero attached hydrogens (tertiary/aromatic N) is 3. The lowest BCUT2D eigenvalue weighted by Gasteiger charge is -2.20. The number of hydrogen-bond donors (Lipinski definition) is 1. The summed E-state index contributed by atoms with van der Waals surface area (Å²) in [4.78, 5) is 24.0. The first-order valence-corrected chi connectivity index (χ1v) is 9.52. The van der Waals surface area contributed by atoms with Crippen molar-refractivity contribution in [1.82, 2.24) is 20.5 Å². The number of amides is 1. The van der Waals surface area contributed by atoms with Crippen molar-refractivity contribution in [2.75, 3.05) is 7.11 Å². The number of aromatic nitrogens is 2. The van der Waals surface area contributed by atoms with Crippen molar-refractivity contribution in [2.24, 2.45) is 0 Å². The summed E-state index contributed by atoms with van der Waals surface area (Å²) >= 11 is 6.14. The predicted molar refractivity (Wildman–Crippen MR) is 108 cm³/mol. The van der Waals surface area contributed by atoms with Crippen molar-refractivity contribution in [2.45, 2.75) is 19.4 Å². The van der Waals surface area contributed by atoms with Crippen LogP contribution in [-0.2, 0) is 4.84 Å². The highest BCUT2D eigenvalue weighted by molar-refractivity contribution is 6.33. The van der Waals surface area contributed by atoms with Gasteiger partial charge in [-0.2, -0.15) is 4.98 Å². The van der Waals surface area contributed by atoms with E-state index in [1.165, 1.54) is 24.1 Å². The van der Waals surface area contributed by atoms with E-state index in [9.17, 15) is 9.18 Å². The van der Waals surface area contributed by atoms with Crippen LogP contribution in [-0.4, -0.2) is 28.1 Å². The van der Waals surface area contributed by atoms with Crippen LogP contribution in [0, 0.1) is 12.7 Å². The van der Waals surface area contributed by atoms with Gasteiger partial charge in [-0.25, -0.2) is 4.39 Å². The molecule has 1 aliphatic rings. The summed E-state index contributed by atoms with van der Waals surface area (Å²) in [5, 5.41) is 4.12. The number of hydrogen-bond acceptors (Lipinski definition) is 6. The van der Waals surface area contributed by atoms with Gasteiger partial charge in [-0.3, -0.25) is 15.1 Å². The minimum Gasteiger partial charge on any atom is -0.337 e. The van der Waals surface area contributed by atoms with Gasteiger partial charge in [0.2, 0.25) is 5.89 Å². The third kappa shape index (κ3) is 3.92. The Labute approximate surface area is 177 Å². The Kier molecular flexibility index (Phi) is 5.52. The molecule has 0 bridgehead atoms. The molecule has 1 N–H and O–H groups in total. The molecule has 1 atom stereocenters. The van der Waals surface area contributed by atoms with Crippen LogP contribution in [0.15, 0.2) is 58.9 Å². The molecule has 0 radical (unpaired) electrons. The first-order chi connectivity index (χ1) is 14.5. The Bertz CT molecular complexity index is 1110. The normalized spacial score (nSPS) is 15.9. The second-order valence-electron chi connectivity index (χ2n) is 6.77. The lowest BCUT2D eigenvalue weighted by atomic mass is 10.0. The lowest BCUT2D eigenvalue weighted by molar-refractivity contribution is 0.0760. The first-order valence-electron chi connectivity index (χ1n) is 9.14. The molecule has 1 aromatic heterocycles. The summed E-state index contributed by atoms with van der Waals surface area (Å²) in [6.45, 7) is 1.72. The summed E-state index contributed by atoms with van der Waals surface area (Å²) in [5.41, 5.74) is 5.40. The summed E-state index contributed by atoms with van der Waals surface area (Å²) in [7, 11) is 1.50. The molecule has 1 aliphatic heterocycles. The van der Waals surface area contributed by atoms with Crippen molar-refractivity contribution < 1.29 is 18.5 Å². The van der Waals surface area contributed by atoms with Crippen LogP contribution in [0.2, 0.25) is 5.02 Å². The highest BCUT2D eigenvalue weighted by Crippen LogP contribution is 2.34. The molecule has 1 amide bonds. The molecular weight excluding hydrogens is 411 g/mol. The second kappa shape index (κ2) is 8.25. The van der Waals surface area contributed by atoms with Gasteiger partial charge >= 0.3 is 0 Å². The molecular formula is C21H18ClFN4O3. The standard InChI is InChI=1S/C21H18ClFN4O3/c1-12-24-20(30-25-12)19-10-16(26-29-2)11-27(19)21(28)14-5-3-13(4-6-14)17-8-7-15(23)9-18(17)22/h3-9,11,19,26H,10H2,1-2H3. The second-order valence-corrected chi connectivity index (χ2v) is 7.18. The Morgan fingerprint density at radius 1 is 1.30 bits per heavy atom. The lowest BCUT2D eigenvalue weighted by Crippen LogP contribution is -2.27. The van der Waals surface area contributed by atoms with Gasteiger partial charge in [0.05, 0.1) is 17.8 Å². The van der Waals surface area contributed by atoms with E-state index in [1.54, 1.807) is 43.5 Å². The number of carbonyl (C=O) groups excluding carboxylic acids is 1. The number of rotatable bonds is 5. The van der Waals surface area contributed by atoms with Gasteiger partial charge in [-0.05, 0) is 42.8 Å². The summed E-state index contributed by atoms with van der Waals surface area (Å²) in [6.07, 6.45) is 2.12. The zero-order valence-corrected chi connectivity index (χ0v) is 17.0. The Morgan fingerprint density at radius 3 is 2.70 bits per heavy atom. The molecule has 0 aliphatic carbocycles. The fourth-order valence-electron chi connectivity index (χ4n) is 3.34. The van der Waals surface area contributed by atoms with Gasteiger partial charge in [0.1, 0.15) is 11.9 Å². The fourth-order valence-corrected chi connectivity index (χ4v) is 3.61. The number of hydroxylamine groups is 1. The van der Waals surface area contributed by atoms with E-state index >= 15 is 0 Å². The Balaban J connectivity index is 1.61. The highest BCUT2D eigenvalue weighted by atomic mass is 35.5. The van der Waals surface area contributed by atoms with E-state index < -0.39 is 11.9 Å². The zero-order valence-electron chi connectivity index (χ0n) is 16.2. The molecule has 0 spiro atoms.